The predicted molar refractivity (Wildman–Crippen MR) is 125 cm³/mol. The number of hydrogen-bond donors (Lipinski definition) is 0. The molecule has 166 valence electrons. The highest BCUT2D eigenvalue weighted by Gasteiger charge is 2.38. The SMILES string of the molecule is COc1ccc(C2=NN(S(=O)(=O)c3ccc(Cl)cc3)C(c3ccccc3Cl)C2)cc1OC. The third-order valence-electron chi connectivity index (χ3n) is 5.21. The molecule has 0 bridgehead atoms. The summed E-state index contributed by atoms with van der Waals surface area (Å²) in [4.78, 5) is 0.0938. The molecule has 0 spiro atoms. The fraction of sp³-hybridized carbons (Fsp3) is 0.174. The van der Waals surface area contributed by atoms with E-state index < -0.39 is 16.1 Å². The maximum absolute atomic E-state index is 13.5. The molecule has 0 saturated heterocycles. The lowest BCUT2D eigenvalue weighted by Crippen LogP contribution is -2.27. The van der Waals surface area contributed by atoms with E-state index in [0.717, 1.165) is 9.98 Å². The topological polar surface area (TPSA) is 68.2 Å². The van der Waals surface area contributed by atoms with Crippen molar-refractivity contribution in [2.75, 3.05) is 14.2 Å². The van der Waals surface area contributed by atoms with Crippen molar-refractivity contribution in [3.63, 3.8) is 0 Å². The molecule has 3 aromatic rings. The summed E-state index contributed by atoms with van der Waals surface area (Å²) in [5, 5.41) is 5.45. The van der Waals surface area contributed by atoms with Crippen molar-refractivity contribution in [2.45, 2.75) is 17.4 Å². The summed E-state index contributed by atoms with van der Waals surface area (Å²) >= 11 is 12.4. The Morgan fingerprint density at radius 1 is 0.938 bits per heavy atom. The molecule has 0 radical (unpaired) electrons. The Morgan fingerprint density at radius 3 is 2.28 bits per heavy atom. The first kappa shape index (κ1) is 22.5. The van der Waals surface area contributed by atoms with E-state index in [-0.39, 0.29) is 4.90 Å². The van der Waals surface area contributed by atoms with Gasteiger partial charge in [0.1, 0.15) is 0 Å². The highest BCUT2D eigenvalue weighted by atomic mass is 35.5. The minimum absolute atomic E-state index is 0.0938. The maximum atomic E-state index is 13.5. The molecule has 0 aliphatic carbocycles. The van der Waals surface area contributed by atoms with Gasteiger partial charge < -0.3 is 9.47 Å². The van der Waals surface area contributed by atoms with E-state index in [1.165, 1.54) is 24.3 Å². The van der Waals surface area contributed by atoms with E-state index in [1.54, 1.807) is 38.5 Å². The number of rotatable bonds is 6. The van der Waals surface area contributed by atoms with E-state index in [1.807, 2.05) is 18.2 Å². The number of hydrogen-bond acceptors (Lipinski definition) is 5. The lowest BCUT2D eigenvalue weighted by Gasteiger charge is -2.24. The molecule has 0 N–H and O–H groups in total. The van der Waals surface area contributed by atoms with Crippen LogP contribution in [-0.2, 0) is 10.0 Å². The molecule has 1 unspecified atom stereocenters. The van der Waals surface area contributed by atoms with Crippen molar-refractivity contribution < 1.29 is 17.9 Å². The number of hydrazone groups is 1. The molecule has 1 aliphatic rings. The van der Waals surface area contributed by atoms with Gasteiger partial charge in [0.25, 0.3) is 10.0 Å². The number of halogens is 2. The first-order valence-electron chi connectivity index (χ1n) is 9.69. The summed E-state index contributed by atoms with van der Waals surface area (Å²) in [5.41, 5.74) is 1.99. The summed E-state index contributed by atoms with van der Waals surface area (Å²) < 4.78 is 38.9. The van der Waals surface area contributed by atoms with Gasteiger partial charge in [0, 0.05) is 22.0 Å². The second-order valence-corrected chi connectivity index (χ2v) is 9.73. The van der Waals surface area contributed by atoms with E-state index >= 15 is 0 Å². The molecule has 9 heteroatoms. The van der Waals surface area contributed by atoms with Gasteiger partial charge in [-0.3, -0.25) is 0 Å². The van der Waals surface area contributed by atoms with Crippen molar-refractivity contribution in [3.05, 3.63) is 87.9 Å². The third-order valence-corrected chi connectivity index (χ3v) is 7.50. The van der Waals surface area contributed by atoms with Crippen molar-refractivity contribution in [2.24, 2.45) is 5.10 Å². The van der Waals surface area contributed by atoms with Crippen molar-refractivity contribution in [1.82, 2.24) is 4.41 Å². The number of nitrogens with zero attached hydrogens (tertiary/aromatic N) is 2. The molecule has 0 fully saturated rings. The smallest absolute Gasteiger partial charge is 0.279 e. The second-order valence-electron chi connectivity index (χ2n) is 7.09. The van der Waals surface area contributed by atoms with E-state index in [9.17, 15) is 8.42 Å². The van der Waals surface area contributed by atoms with Crippen LogP contribution >= 0.6 is 23.2 Å². The maximum Gasteiger partial charge on any atom is 0.279 e. The summed E-state index contributed by atoms with van der Waals surface area (Å²) in [6, 6.07) is 17.9. The minimum Gasteiger partial charge on any atom is -0.493 e. The fourth-order valence-electron chi connectivity index (χ4n) is 3.59. The number of ether oxygens (including phenoxy) is 2. The molecule has 0 aromatic heterocycles. The van der Waals surface area contributed by atoms with E-state index in [0.29, 0.717) is 39.2 Å². The second kappa shape index (κ2) is 9.02. The van der Waals surface area contributed by atoms with Gasteiger partial charge in [0.15, 0.2) is 11.5 Å². The Morgan fingerprint density at radius 2 is 1.62 bits per heavy atom. The first-order valence-corrected chi connectivity index (χ1v) is 11.9. The van der Waals surface area contributed by atoms with Crippen LogP contribution < -0.4 is 9.47 Å². The highest BCUT2D eigenvalue weighted by Crippen LogP contribution is 2.40. The minimum atomic E-state index is -3.97. The van der Waals surface area contributed by atoms with Crippen molar-refractivity contribution >= 4 is 38.9 Å². The van der Waals surface area contributed by atoms with Crippen LogP contribution in [0.4, 0.5) is 0 Å². The number of methoxy groups -OCH3 is 2. The van der Waals surface area contributed by atoms with Crippen LogP contribution in [0.3, 0.4) is 0 Å². The Kier molecular flexibility index (Phi) is 6.33. The van der Waals surface area contributed by atoms with Crippen LogP contribution in [0.1, 0.15) is 23.6 Å². The molecule has 0 amide bonds. The molecule has 6 nitrogen and oxygen atoms in total. The van der Waals surface area contributed by atoms with Crippen molar-refractivity contribution in [1.29, 1.82) is 0 Å². The van der Waals surface area contributed by atoms with Crippen LogP contribution in [-0.4, -0.2) is 32.8 Å². The molecular formula is C23H20Cl2N2O4S. The van der Waals surface area contributed by atoms with Gasteiger partial charge in [-0.1, -0.05) is 41.4 Å². The molecule has 1 atom stereocenters. The summed E-state index contributed by atoms with van der Waals surface area (Å²) in [5.74, 6) is 1.10. The van der Waals surface area contributed by atoms with Gasteiger partial charge in [0.05, 0.1) is 30.9 Å². The summed E-state index contributed by atoms with van der Waals surface area (Å²) in [6.45, 7) is 0. The van der Waals surface area contributed by atoms with Crippen LogP contribution in [0, 0.1) is 0 Å². The lowest BCUT2D eigenvalue weighted by molar-refractivity contribution is 0.355. The molecule has 1 aliphatic heterocycles. The Hall–Kier alpha value is -2.74. The Bertz CT molecular complexity index is 1280. The third kappa shape index (κ3) is 4.16. The largest absolute Gasteiger partial charge is 0.493 e. The predicted octanol–water partition coefficient (Wildman–Crippen LogP) is 5.55. The van der Waals surface area contributed by atoms with E-state index in [4.69, 9.17) is 32.7 Å². The van der Waals surface area contributed by atoms with Gasteiger partial charge in [-0.25, -0.2) is 0 Å². The Balaban J connectivity index is 1.82. The van der Waals surface area contributed by atoms with Gasteiger partial charge in [-0.15, -0.1) is 0 Å². The normalized spacial score (nSPS) is 16.1. The first-order chi connectivity index (χ1) is 15.3. The molecule has 0 saturated carbocycles. The average Bonchev–Trinajstić information content (AvgIpc) is 3.25. The zero-order valence-electron chi connectivity index (χ0n) is 17.3. The van der Waals surface area contributed by atoms with Crippen LogP contribution in [0.5, 0.6) is 11.5 Å². The highest BCUT2D eigenvalue weighted by molar-refractivity contribution is 7.89. The van der Waals surface area contributed by atoms with Gasteiger partial charge >= 0.3 is 0 Å². The van der Waals surface area contributed by atoms with E-state index in [2.05, 4.69) is 5.10 Å². The zero-order chi connectivity index (χ0) is 22.9. The van der Waals surface area contributed by atoms with Gasteiger partial charge in [0.2, 0.25) is 0 Å². The standard InChI is InChI=1S/C23H20Cl2N2O4S/c1-30-22-12-7-15(13-23(22)31-2)20-14-21(18-5-3-4-6-19(18)25)27(26-20)32(28,29)17-10-8-16(24)9-11-17/h3-13,21H,14H2,1-2H3. The number of benzene rings is 3. The summed E-state index contributed by atoms with van der Waals surface area (Å²) in [7, 11) is -0.869. The summed E-state index contributed by atoms with van der Waals surface area (Å²) in [6.07, 6.45) is 0.339. The fourth-order valence-corrected chi connectivity index (χ4v) is 5.40. The van der Waals surface area contributed by atoms with Crippen LogP contribution in [0.25, 0.3) is 0 Å². The lowest BCUT2D eigenvalue weighted by atomic mass is 9.99. The van der Waals surface area contributed by atoms with Crippen LogP contribution in [0.15, 0.2) is 76.7 Å². The average molecular weight is 491 g/mol. The van der Waals surface area contributed by atoms with Gasteiger partial charge in [-0.05, 0) is 54.1 Å². The zero-order valence-corrected chi connectivity index (χ0v) is 19.7. The molecule has 32 heavy (non-hydrogen) atoms. The van der Waals surface area contributed by atoms with Gasteiger partial charge in [-0.2, -0.15) is 17.9 Å². The number of sulfonamides is 1. The van der Waals surface area contributed by atoms with Crippen molar-refractivity contribution in [3.8, 4) is 11.5 Å². The molecular weight excluding hydrogens is 471 g/mol. The quantitative estimate of drug-likeness (QED) is 0.454. The molecule has 3 aromatic carbocycles. The monoisotopic (exact) mass is 490 g/mol. The molecule has 4 rings (SSSR count). The Labute approximate surface area is 197 Å². The molecule has 1 heterocycles. The van der Waals surface area contributed by atoms with Crippen LogP contribution in [0.2, 0.25) is 10.0 Å².